The van der Waals surface area contributed by atoms with Crippen LogP contribution in [0.15, 0.2) is 16.7 Å². The molecule has 3 aliphatic rings. The number of hydrogen-bond donors (Lipinski definition) is 0. The van der Waals surface area contributed by atoms with E-state index >= 15 is 0 Å². The Kier molecular flexibility index (Phi) is 3.96. The molecule has 8 heteroatoms. The van der Waals surface area contributed by atoms with Crippen LogP contribution in [0.1, 0.15) is 32.5 Å². The molecule has 3 aliphatic heterocycles. The van der Waals surface area contributed by atoms with E-state index in [0.717, 1.165) is 0 Å². The molecule has 4 atom stereocenters. The van der Waals surface area contributed by atoms with Crippen molar-refractivity contribution in [3.8, 4) is 0 Å². The number of aryl methyl sites for hydroxylation is 1. The minimum absolute atomic E-state index is 0.0129. The zero-order valence-electron chi connectivity index (χ0n) is 16.4. The molecule has 2 fully saturated rings. The molecule has 2 saturated heterocycles. The van der Waals surface area contributed by atoms with Crippen molar-refractivity contribution in [3.63, 3.8) is 0 Å². The molecule has 0 unspecified atom stereocenters. The second kappa shape index (κ2) is 5.89. The largest absolute Gasteiger partial charge is 0.360 e. The summed E-state index contributed by atoms with van der Waals surface area (Å²) in [7, 11) is 1.70. The minimum atomic E-state index is -0.670. The number of amides is 2. The molecule has 4 heterocycles. The molecule has 0 radical (unpaired) electrons. The highest BCUT2D eigenvalue weighted by Gasteiger charge is 2.67. The van der Waals surface area contributed by atoms with Gasteiger partial charge in [0.1, 0.15) is 5.60 Å². The van der Waals surface area contributed by atoms with Gasteiger partial charge in [0.15, 0.2) is 5.82 Å². The molecule has 27 heavy (non-hydrogen) atoms. The van der Waals surface area contributed by atoms with Crippen molar-refractivity contribution in [1.29, 1.82) is 0 Å². The van der Waals surface area contributed by atoms with Gasteiger partial charge in [-0.1, -0.05) is 38.1 Å². The summed E-state index contributed by atoms with van der Waals surface area (Å²) in [6, 6.07) is 0. The predicted octanol–water partition coefficient (Wildman–Crippen LogP) is 1.16. The van der Waals surface area contributed by atoms with E-state index in [1.165, 1.54) is 0 Å². The Hall–Kier alpha value is -2.22. The van der Waals surface area contributed by atoms with E-state index in [1.807, 2.05) is 17.1 Å². The number of aromatic nitrogens is 2. The molecule has 2 bridgehead atoms. The third kappa shape index (κ3) is 2.96. The van der Waals surface area contributed by atoms with Gasteiger partial charge in [0.2, 0.25) is 17.7 Å². The van der Waals surface area contributed by atoms with Gasteiger partial charge in [0.05, 0.1) is 31.0 Å². The first-order chi connectivity index (χ1) is 12.6. The van der Waals surface area contributed by atoms with Gasteiger partial charge in [-0.25, -0.2) is 0 Å². The molecular formula is C19H26N4O4. The van der Waals surface area contributed by atoms with Crippen LogP contribution in [0.4, 0.5) is 0 Å². The van der Waals surface area contributed by atoms with E-state index in [2.05, 4.69) is 30.9 Å². The number of likely N-dealkylation sites (tertiary alicyclic amines) is 1. The first kappa shape index (κ1) is 18.2. The Balaban J connectivity index is 1.54. The number of hydrogen-bond acceptors (Lipinski definition) is 6. The Bertz CT molecular complexity index is 811. The molecule has 0 saturated carbocycles. The second-order valence-electron chi connectivity index (χ2n) is 9.08. The summed E-state index contributed by atoms with van der Waals surface area (Å²) in [6.07, 6.45) is 3.56. The fraction of sp³-hybridized carbons (Fsp3) is 0.684. The highest BCUT2D eigenvalue weighted by molar-refractivity contribution is 5.93. The maximum Gasteiger partial charge on any atom is 0.230 e. The number of nitrogens with zero attached hydrogens (tertiary/aromatic N) is 4. The molecule has 0 aliphatic carbocycles. The van der Waals surface area contributed by atoms with Crippen LogP contribution in [-0.2, 0) is 20.9 Å². The summed E-state index contributed by atoms with van der Waals surface area (Å²) in [6.45, 7) is 9.40. The number of carbonyl (C=O) groups excluding carboxylic acids is 2. The van der Waals surface area contributed by atoms with Crippen LogP contribution in [-0.4, -0.2) is 63.6 Å². The molecule has 146 valence electrons. The van der Waals surface area contributed by atoms with Crippen LogP contribution >= 0.6 is 0 Å². The summed E-state index contributed by atoms with van der Waals surface area (Å²) >= 11 is 0. The molecule has 8 nitrogen and oxygen atoms in total. The van der Waals surface area contributed by atoms with Crippen molar-refractivity contribution in [3.05, 3.63) is 23.9 Å². The number of rotatable bonds is 4. The standard InChI is InChI=1S/C19H26N4O4/c1-11-20-13(21-27-11)8-22(5)16(24)14-12-6-7-19(26-12)10-23(9-18(2,3)4)17(25)15(14)19/h6-7,12,14-15H,8-10H2,1-5H3/t12-,14+,15+,19-/m0/s1. The average Bonchev–Trinajstić information content (AvgIpc) is 3.28. The first-order valence-electron chi connectivity index (χ1n) is 9.30. The van der Waals surface area contributed by atoms with E-state index in [4.69, 9.17) is 9.26 Å². The van der Waals surface area contributed by atoms with Gasteiger partial charge >= 0.3 is 0 Å². The van der Waals surface area contributed by atoms with Gasteiger partial charge in [-0.05, 0) is 5.41 Å². The van der Waals surface area contributed by atoms with Gasteiger partial charge < -0.3 is 19.1 Å². The Morgan fingerprint density at radius 2 is 2.19 bits per heavy atom. The zero-order valence-corrected chi connectivity index (χ0v) is 16.4. The highest BCUT2D eigenvalue weighted by Crippen LogP contribution is 2.52. The lowest BCUT2D eigenvalue weighted by molar-refractivity contribution is -0.143. The van der Waals surface area contributed by atoms with Gasteiger partial charge in [-0.3, -0.25) is 9.59 Å². The van der Waals surface area contributed by atoms with Gasteiger partial charge in [0.25, 0.3) is 0 Å². The Labute approximate surface area is 158 Å². The number of carbonyl (C=O) groups is 2. The van der Waals surface area contributed by atoms with Crippen molar-refractivity contribution in [2.24, 2.45) is 17.3 Å². The SMILES string of the molecule is Cc1nc(CN(C)C(=O)[C@@H]2[C@@H]3C=C[C@@]4(CN(CC(C)(C)C)C(=O)[C@@H]24)O3)no1. The van der Waals surface area contributed by atoms with Crippen LogP contribution in [0, 0.1) is 24.2 Å². The van der Waals surface area contributed by atoms with Crippen LogP contribution in [0.3, 0.4) is 0 Å². The van der Waals surface area contributed by atoms with Gasteiger partial charge in [-0.2, -0.15) is 4.98 Å². The molecular weight excluding hydrogens is 348 g/mol. The quantitative estimate of drug-likeness (QED) is 0.735. The van der Waals surface area contributed by atoms with E-state index < -0.39 is 17.4 Å². The normalized spacial score (nSPS) is 31.7. The lowest BCUT2D eigenvalue weighted by Crippen LogP contribution is -2.45. The Morgan fingerprint density at radius 1 is 1.44 bits per heavy atom. The highest BCUT2D eigenvalue weighted by atomic mass is 16.5. The van der Waals surface area contributed by atoms with Crippen LogP contribution in [0.2, 0.25) is 0 Å². The maximum atomic E-state index is 13.2. The van der Waals surface area contributed by atoms with Crippen LogP contribution in [0.5, 0.6) is 0 Å². The average molecular weight is 374 g/mol. The van der Waals surface area contributed by atoms with E-state index in [-0.39, 0.29) is 29.9 Å². The van der Waals surface area contributed by atoms with E-state index in [1.54, 1.807) is 18.9 Å². The minimum Gasteiger partial charge on any atom is -0.360 e. The molecule has 1 spiro atoms. The molecule has 4 rings (SSSR count). The van der Waals surface area contributed by atoms with Crippen molar-refractivity contribution < 1.29 is 18.8 Å². The summed E-state index contributed by atoms with van der Waals surface area (Å²) < 4.78 is 11.1. The van der Waals surface area contributed by atoms with Crippen molar-refractivity contribution in [2.45, 2.75) is 45.9 Å². The van der Waals surface area contributed by atoms with Crippen molar-refractivity contribution in [1.82, 2.24) is 19.9 Å². The smallest absolute Gasteiger partial charge is 0.230 e. The summed E-state index contributed by atoms with van der Waals surface area (Å²) in [5.74, 6) is -0.171. The number of ether oxygens (including phenoxy) is 1. The molecule has 1 aromatic rings. The van der Waals surface area contributed by atoms with E-state index in [9.17, 15) is 9.59 Å². The van der Waals surface area contributed by atoms with Crippen LogP contribution in [0.25, 0.3) is 0 Å². The summed E-state index contributed by atoms with van der Waals surface area (Å²) in [5, 5.41) is 3.84. The molecule has 0 aromatic carbocycles. The van der Waals surface area contributed by atoms with Crippen molar-refractivity contribution in [2.75, 3.05) is 20.1 Å². The van der Waals surface area contributed by atoms with E-state index in [0.29, 0.717) is 24.8 Å². The molecule has 2 amide bonds. The maximum absolute atomic E-state index is 13.2. The lowest BCUT2D eigenvalue weighted by Gasteiger charge is -2.29. The monoisotopic (exact) mass is 374 g/mol. The third-order valence-corrected chi connectivity index (χ3v) is 5.45. The fourth-order valence-electron chi connectivity index (χ4n) is 4.52. The van der Waals surface area contributed by atoms with Gasteiger partial charge in [0, 0.05) is 20.5 Å². The summed E-state index contributed by atoms with van der Waals surface area (Å²) in [5.41, 5.74) is -0.684. The topological polar surface area (TPSA) is 88.8 Å². The molecule has 0 N–H and O–H groups in total. The third-order valence-electron chi connectivity index (χ3n) is 5.45. The lowest BCUT2D eigenvalue weighted by atomic mass is 9.76. The predicted molar refractivity (Wildman–Crippen MR) is 95.3 cm³/mol. The summed E-state index contributed by atoms with van der Waals surface area (Å²) in [4.78, 5) is 33.9. The van der Waals surface area contributed by atoms with Crippen molar-refractivity contribution >= 4 is 11.8 Å². The zero-order chi connectivity index (χ0) is 19.6. The fourth-order valence-corrected chi connectivity index (χ4v) is 4.52. The molecule has 1 aromatic heterocycles. The van der Waals surface area contributed by atoms with Gasteiger partial charge in [-0.15, -0.1) is 0 Å². The second-order valence-corrected chi connectivity index (χ2v) is 9.08. The Morgan fingerprint density at radius 3 is 2.81 bits per heavy atom. The number of fused-ring (bicyclic) bond motifs is 1. The van der Waals surface area contributed by atoms with Crippen LogP contribution < -0.4 is 0 Å². The first-order valence-corrected chi connectivity index (χ1v) is 9.30.